The van der Waals surface area contributed by atoms with E-state index in [0.29, 0.717) is 19.4 Å². The van der Waals surface area contributed by atoms with Crippen LogP contribution >= 0.6 is 0 Å². The zero-order chi connectivity index (χ0) is 25.8. The van der Waals surface area contributed by atoms with Gasteiger partial charge in [-0.05, 0) is 38.5 Å². The Bertz CT molecular complexity index is 930. The third-order valence-electron chi connectivity index (χ3n) is 7.83. The fourth-order valence-corrected chi connectivity index (χ4v) is 6.79. The Hall–Kier alpha value is -2.19. The van der Waals surface area contributed by atoms with Crippen molar-refractivity contribution in [2.45, 2.75) is 90.1 Å². The molecule has 1 unspecified atom stereocenters. The van der Waals surface area contributed by atoms with Gasteiger partial charge in [-0.2, -0.15) is 0 Å². The van der Waals surface area contributed by atoms with E-state index in [1.807, 2.05) is 50.0 Å². The number of hydrogen-bond donors (Lipinski definition) is 1. The van der Waals surface area contributed by atoms with Crippen molar-refractivity contribution in [1.29, 1.82) is 0 Å². The maximum atomic E-state index is 14.4. The van der Waals surface area contributed by atoms with E-state index >= 15 is 0 Å². The molecule has 194 valence electrons. The Kier molecular flexibility index (Phi) is 6.68. The van der Waals surface area contributed by atoms with Crippen LogP contribution in [-0.2, 0) is 23.9 Å². The molecule has 8 nitrogen and oxygen atoms in total. The van der Waals surface area contributed by atoms with Crippen molar-refractivity contribution in [3.8, 4) is 0 Å². The summed E-state index contributed by atoms with van der Waals surface area (Å²) in [5.74, 6) is -2.74. The standard InChI is InChI=1S/C27H40N2O6/c1-7-17(15-30)29-21-23(32)28(26(5,6)16-25(2,3)4)13-10-12-27(21)20(22(29)31)19-18(35-27)11-8-9-14-34-24(19)33/h8,10-12,17-21,30H,7,9,13-16H2,1-6H3/t17-,18-,19+,20-,21?,27-/m0/s1. The molecule has 2 amide bonds. The molecule has 0 aromatic carbocycles. The average molecular weight is 489 g/mol. The Morgan fingerprint density at radius 1 is 1.14 bits per heavy atom. The number of aliphatic hydroxyl groups is 1. The van der Waals surface area contributed by atoms with Crippen molar-refractivity contribution in [3.05, 3.63) is 24.3 Å². The van der Waals surface area contributed by atoms with Gasteiger partial charge in [-0.25, -0.2) is 0 Å². The van der Waals surface area contributed by atoms with Crippen molar-refractivity contribution in [2.75, 3.05) is 19.8 Å². The molecular formula is C27H40N2O6. The number of carbonyl (C=O) groups is 3. The number of hydrogen-bond acceptors (Lipinski definition) is 6. The molecular weight excluding hydrogens is 448 g/mol. The number of ether oxygens (including phenoxy) is 2. The highest BCUT2D eigenvalue weighted by Gasteiger charge is 2.72. The molecule has 2 fully saturated rings. The van der Waals surface area contributed by atoms with E-state index in [9.17, 15) is 19.5 Å². The van der Waals surface area contributed by atoms with E-state index < -0.39 is 47.1 Å². The first-order valence-corrected chi connectivity index (χ1v) is 12.8. The lowest BCUT2D eigenvalue weighted by Gasteiger charge is -2.45. The van der Waals surface area contributed by atoms with Crippen LogP contribution in [0.5, 0.6) is 0 Å². The summed E-state index contributed by atoms with van der Waals surface area (Å²) in [5, 5.41) is 10.2. The van der Waals surface area contributed by atoms with Gasteiger partial charge in [-0.3, -0.25) is 14.4 Å². The van der Waals surface area contributed by atoms with E-state index in [-0.39, 0.29) is 30.4 Å². The van der Waals surface area contributed by atoms with Crippen LogP contribution in [0.2, 0.25) is 0 Å². The van der Waals surface area contributed by atoms with Crippen molar-refractivity contribution >= 4 is 17.8 Å². The third kappa shape index (κ3) is 4.22. The first-order valence-electron chi connectivity index (χ1n) is 12.8. The van der Waals surface area contributed by atoms with E-state index in [1.54, 1.807) is 0 Å². The zero-order valence-electron chi connectivity index (χ0n) is 21.8. The predicted molar refractivity (Wildman–Crippen MR) is 130 cm³/mol. The van der Waals surface area contributed by atoms with Gasteiger partial charge in [0, 0.05) is 12.1 Å². The zero-order valence-corrected chi connectivity index (χ0v) is 21.8. The second-order valence-corrected chi connectivity index (χ2v) is 12.1. The predicted octanol–water partition coefficient (Wildman–Crippen LogP) is 2.45. The molecule has 1 N–H and O–H groups in total. The molecule has 1 spiro atoms. The second kappa shape index (κ2) is 9.04. The maximum absolute atomic E-state index is 14.4. The van der Waals surface area contributed by atoms with Gasteiger partial charge in [0.25, 0.3) is 0 Å². The van der Waals surface area contributed by atoms with Gasteiger partial charge in [0.2, 0.25) is 11.8 Å². The smallest absolute Gasteiger partial charge is 0.312 e. The average Bonchev–Trinajstić information content (AvgIpc) is 3.11. The SMILES string of the molecule is CC[C@@H](CO)N1C(=O)[C@@H]2[C@@H]3C(=O)OCCC=C[C@@H]3O[C@@]23C=CCN(C(C)(C)CC(C)(C)C)C(=O)C13. The quantitative estimate of drug-likeness (QED) is 0.472. The Balaban J connectivity index is 1.84. The van der Waals surface area contributed by atoms with Gasteiger partial charge >= 0.3 is 5.97 Å². The number of aliphatic hydroxyl groups excluding tert-OH is 1. The van der Waals surface area contributed by atoms with E-state index in [4.69, 9.17) is 9.47 Å². The summed E-state index contributed by atoms with van der Waals surface area (Å²) in [5.41, 5.74) is -1.81. The molecule has 0 radical (unpaired) electrons. The molecule has 6 atom stereocenters. The first-order chi connectivity index (χ1) is 16.4. The summed E-state index contributed by atoms with van der Waals surface area (Å²) in [6.45, 7) is 12.8. The van der Waals surface area contributed by atoms with E-state index in [0.717, 1.165) is 6.42 Å². The van der Waals surface area contributed by atoms with Crippen molar-refractivity contribution in [1.82, 2.24) is 9.80 Å². The van der Waals surface area contributed by atoms with Crippen LogP contribution in [0.3, 0.4) is 0 Å². The molecule has 0 saturated carbocycles. The van der Waals surface area contributed by atoms with Crippen LogP contribution in [-0.4, -0.2) is 81.8 Å². The van der Waals surface area contributed by atoms with Gasteiger partial charge in [0.1, 0.15) is 17.6 Å². The normalized spacial score (nSPS) is 34.1. The number of carbonyl (C=O) groups excluding carboxylic acids is 3. The summed E-state index contributed by atoms with van der Waals surface area (Å²) in [7, 11) is 0. The minimum absolute atomic E-state index is 0.0217. The minimum Gasteiger partial charge on any atom is -0.465 e. The van der Waals surface area contributed by atoms with Gasteiger partial charge in [0.05, 0.1) is 31.3 Å². The van der Waals surface area contributed by atoms with Crippen molar-refractivity contribution < 1.29 is 29.0 Å². The lowest BCUT2D eigenvalue weighted by atomic mass is 9.77. The molecule has 4 rings (SSSR count). The lowest BCUT2D eigenvalue weighted by Crippen LogP contribution is -2.61. The van der Waals surface area contributed by atoms with Gasteiger partial charge in [-0.15, -0.1) is 0 Å². The summed E-state index contributed by atoms with van der Waals surface area (Å²) in [4.78, 5) is 44.9. The first kappa shape index (κ1) is 25.9. The molecule has 8 heteroatoms. The Morgan fingerprint density at radius 3 is 2.49 bits per heavy atom. The van der Waals surface area contributed by atoms with Gasteiger partial charge in [-0.1, -0.05) is 52.0 Å². The summed E-state index contributed by atoms with van der Waals surface area (Å²) in [6, 6.07) is -1.52. The highest BCUT2D eigenvalue weighted by Crippen LogP contribution is 2.54. The van der Waals surface area contributed by atoms with Crippen LogP contribution in [0, 0.1) is 17.3 Å². The molecule has 35 heavy (non-hydrogen) atoms. The lowest BCUT2D eigenvalue weighted by molar-refractivity contribution is -0.158. The van der Waals surface area contributed by atoms with Gasteiger partial charge in [0.15, 0.2) is 0 Å². The number of amides is 2. The molecule has 0 aliphatic carbocycles. The molecule has 4 heterocycles. The molecule has 2 saturated heterocycles. The summed E-state index contributed by atoms with van der Waals surface area (Å²) >= 11 is 0. The highest BCUT2D eigenvalue weighted by molar-refractivity contribution is 5.99. The summed E-state index contributed by atoms with van der Waals surface area (Å²) in [6.07, 6.45) is 8.63. The van der Waals surface area contributed by atoms with Crippen molar-refractivity contribution in [2.24, 2.45) is 17.3 Å². The van der Waals surface area contributed by atoms with Crippen LogP contribution in [0.15, 0.2) is 24.3 Å². The molecule has 0 aromatic rings. The molecule has 0 bridgehead atoms. The number of likely N-dealkylation sites (tertiary alicyclic amines) is 1. The molecule has 4 aliphatic heterocycles. The molecule has 4 aliphatic rings. The number of esters is 1. The second-order valence-electron chi connectivity index (χ2n) is 12.1. The fourth-order valence-electron chi connectivity index (χ4n) is 6.79. The largest absolute Gasteiger partial charge is 0.465 e. The summed E-state index contributed by atoms with van der Waals surface area (Å²) < 4.78 is 12.0. The third-order valence-corrected chi connectivity index (χ3v) is 7.83. The van der Waals surface area contributed by atoms with E-state index in [2.05, 4.69) is 20.8 Å². The van der Waals surface area contributed by atoms with Crippen LogP contribution < -0.4 is 0 Å². The highest BCUT2D eigenvalue weighted by atomic mass is 16.6. The van der Waals surface area contributed by atoms with Gasteiger partial charge < -0.3 is 24.4 Å². The Labute approximate surface area is 208 Å². The van der Waals surface area contributed by atoms with Crippen LogP contribution in [0.4, 0.5) is 0 Å². The number of cyclic esters (lactones) is 1. The number of rotatable bonds is 5. The van der Waals surface area contributed by atoms with Crippen LogP contribution in [0.25, 0.3) is 0 Å². The fraction of sp³-hybridized carbons (Fsp3) is 0.741. The monoisotopic (exact) mass is 488 g/mol. The van der Waals surface area contributed by atoms with E-state index in [1.165, 1.54) is 4.90 Å². The van der Waals surface area contributed by atoms with Crippen LogP contribution in [0.1, 0.15) is 60.8 Å². The molecule has 0 aromatic heterocycles. The number of nitrogens with zero attached hydrogens (tertiary/aromatic N) is 2. The topological polar surface area (TPSA) is 96.4 Å². The van der Waals surface area contributed by atoms with Crippen molar-refractivity contribution in [3.63, 3.8) is 0 Å². The number of fused-ring (bicyclic) bond motifs is 2. The Morgan fingerprint density at radius 2 is 1.86 bits per heavy atom. The maximum Gasteiger partial charge on any atom is 0.312 e. The minimum atomic E-state index is -1.30.